The highest BCUT2D eigenvalue weighted by Crippen LogP contribution is 2.15. The van der Waals surface area contributed by atoms with Crippen molar-refractivity contribution >= 4 is 6.03 Å². The highest BCUT2D eigenvalue weighted by Gasteiger charge is 2.20. The maximum Gasteiger partial charge on any atom is 0.317 e. The molecule has 1 fully saturated rings. The van der Waals surface area contributed by atoms with Crippen LogP contribution in [0.4, 0.5) is 4.79 Å². The highest BCUT2D eigenvalue weighted by molar-refractivity contribution is 5.74. The van der Waals surface area contributed by atoms with Gasteiger partial charge in [-0.3, -0.25) is 0 Å². The molecule has 21 heavy (non-hydrogen) atoms. The number of nitrogens with zero attached hydrogens (tertiary/aromatic N) is 1. The summed E-state index contributed by atoms with van der Waals surface area (Å²) in [5.74, 6) is 0.830. The topological polar surface area (TPSA) is 50.8 Å². The van der Waals surface area contributed by atoms with Crippen LogP contribution >= 0.6 is 0 Å². The zero-order valence-electron chi connectivity index (χ0n) is 13.0. The zero-order valence-corrected chi connectivity index (χ0v) is 13.0. The first-order chi connectivity index (χ1) is 10.0. The molecule has 0 saturated carbocycles. The Morgan fingerprint density at radius 3 is 3.05 bits per heavy atom. The lowest BCUT2D eigenvalue weighted by Gasteiger charge is -2.31. The van der Waals surface area contributed by atoms with Crippen molar-refractivity contribution in [3.05, 3.63) is 29.8 Å². The first kappa shape index (κ1) is 15.6. The Labute approximate surface area is 126 Å². The molecule has 1 saturated heterocycles. The minimum atomic E-state index is -0.0414. The van der Waals surface area contributed by atoms with E-state index >= 15 is 0 Å². The highest BCUT2D eigenvalue weighted by atomic mass is 16.5. The zero-order chi connectivity index (χ0) is 15.2. The minimum Gasteiger partial charge on any atom is -0.491 e. The van der Waals surface area contributed by atoms with Crippen LogP contribution in [0.15, 0.2) is 24.3 Å². The molecule has 0 aliphatic carbocycles. The molecule has 2 rings (SSSR count). The lowest BCUT2D eigenvalue weighted by Crippen LogP contribution is -2.48. The van der Waals surface area contributed by atoms with E-state index in [-0.39, 0.29) is 18.2 Å². The SMILES string of the molecule is CC(C)Oc1cccc(CNC(=O)N2CCOC(C)C2)c1. The Balaban J connectivity index is 1.86. The van der Waals surface area contributed by atoms with Crippen LogP contribution in [0.3, 0.4) is 0 Å². The van der Waals surface area contributed by atoms with E-state index in [0.29, 0.717) is 26.2 Å². The minimum absolute atomic E-state index is 0.0414. The number of morpholine rings is 1. The van der Waals surface area contributed by atoms with Gasteiger partial charge >= 0.3 is 6.03 Å². The number of carbonyl (C=O) groups excluding carboxylic acids is 1. The largest absolute Gasteiger partial charge is 0.491 e. The van der Waals surface area contributed by atoms with E-state index in [4.69, 9.17) is 9.47 Å². The van der Waals surface area contributed by atoms with Crippen LogP contribution in [0.1, 0.15) is 26.3 Å². The molecule has 5 nitrogen and oxygen atoms in total. The molecule has 5 heteroatoms. The maximum atomic E-state index is 12.1. The van der Waals surface area contributed by atoms with Crippen LogP contribution in [-0.4, -0.2) is 42.8 Å². The van der Waals surface area contributed by atoms with Gasteiger partial charge in [0.05, 0.1) is 18.8 Å². The van der Waals surface area contributed by atoms with Crippen LogP contribution < -0.4 is 10.1 Å². The Kier molecular flexibility index (Phi) is 5.44. The van der Waals surface area contributed by atoms with Crippen LogP contribution in [0.25, 0.3) is 0 Å². The van der Waals surface area contributed by atoms with Crippen LogP contribution in [0, 0.1) is 0 Å². The molecule has 0 bridgehead atoms. The van der Waals surface area contributed by atoms with Gasteiger partial charge in [0.1, 0.15) is 5.75 Å². The molecule has 0 spiro atoms. The number of amides is 2. The summed E-state index contributed by atoms with van der Waals surface area (Å²) in [6.45, 7) is 8.36. The van der Waals surface area contributed by atoms with Gasteiger partial charge in [-0.2, -0.15) is 0 Å². The van der Waals surface area contributed by atoms with Crippen molar-refractivity contribution in [2.45, 2.75) is 39.5 Å². The van der Waals surface area contributed by atoms with E-state index in [1.165, 1.54) is 0 Å². The molecule has 1 aromatic rings. The molecule has 2 amide bonds. The second-order valence-corrected chi connectivity index (χ2v) is 5.60. The molecule has 0 aromatic heterocycles. The van der Waals surface area contributed by atoms with Gasteiger partial charge in [-0.15, -0.1) is 0 Å². The van der Waals surface area contributed by atoms with Crippen molar-refractivity contribution in [2.75, 3.05) is 19.7 Å². The van der Waals surface area contributed by atoms with Crippen molar-refractivity contribution in [1.82, 2.24) is 10.2 Å². The Bertz CT molecular complexity index is 476. The predicted molar refractivity (Wildman–Crippen MR) is 81.4 cm³/mol. The second-order valence-electron chi connectivity index (χ2n) is 5.60. The number of nitrogens with one attached hydrogen (secondary N) is 1. The summed E-state index contributed by atoms with van der Waals surface area (Å²) in [5, 5.41) is 2.95. The first-order valence-corrected chi connectivity index (χ1v) is 7.44. The standard InChI is InChI=1S/C16H24N2O3/c1-12(2)21-15-6-4-5-14(9-15)10-17-16(19)18-7-8-20-13(3)11-18/h4-6,9,12-13H,7-8,10-11H2,1-3H3,(H,17,19). The fourth-order valence-electron chi connectivity index (χ4n) is 2.29. The average Bonchev–Trinajstić information content (AvgIpc) is 2.44. The van der Waals surface area contributed by atoms with Gasteiger partial charge in [-0.05, 0) is 38.5 Å². The molecule has 1 unspecified atom stereocenters. The van der Waals surface area contributed by atoms with Crippen LogP contribution in [0.2, 0.25) is 0 Å². The fourth-order valence-corrected chi connectivity index (χ4v) is 2.29. The number of urea groups is 1. The number of rotatable bonds is 4. The molecule has 116 valence electrons. The van der Waals surface area contributed by atoms with Gasteiger partial charge < -0.3 is 19.7 Å². The third-order valence-electron chi connectivity index (χ3n) is 3.24. The van der Waals surface area contributed by atoms with Gasteiger partial charge in [0.15, 0.2) is 0 Å². The molecular formula is C16H24N2O3. The summed E-state index contributed by atoms with van der Waals surface area (Å²) in [7, 11) is 0. The lowest BCUT2D eigenvalue weighted by molar-refractivity contribution is -0.00351. The molecule has 1 aliphatic rings. The third kappa shape index (κ3) is 4.93. The van der Waals surface area contributed by atoms with Gasteiger partial charge in [-0.1, -0.05) is 12.1 Å². The smallest absolute Gasteiger partial charge is 0.317 e. The molecule has 1 N–H and O–H groups in total. The summed E-state index contributed by atoms with van der Waals surface area (Å²) in [5.41, 5.74) is 1.03. The summed E-state index contributed by atoms with van der Waals surface area (Å²) in [4.78, 5) is 13.9. The van der Waals surface area contributed by atoms with Crippen molar-refractivity contribution in [1.29, 1.82) is 0 Å². The molecule has 1 heterocycles. The summed E-state index contributed by atoms with van der Waals surface area (Å²) >= 11 is 0. The number of ether oxygens (including phenoxy) is 2. The average molecular weight is 292 g/mol. The third-order valence-corrected chi connectivity index (χ3v) is 3.24. The van der Waals surface area contributed by atoms with Crippen molar-refractivity contribution in [3.63, 3.8) is 0 Å². The molecule has 1 aromatic carbocycles. The number of benzene rings is 1. The Morgan fingerprint density at radius 2 is 2.33 bits per heavy atom. The number of hydrogen-bond donors (Lipinski definition) is 1. The number of hydrogen-bond acceptors (Lipinski definition) is 3. The van der Waals surface area contributed by atoms with E-state index in [9.17, 15) is 4.79 Å². The normalized spacial score (nSPS) is 18.7. The monoisotopic (exact) mass is 292 g/mol. The first-order valence-electron chi connectivity index (χ1n) is 7.44. The lowest BCUT2D eigenvalue weighted by atomic mass is 10.2. The van der Waals surface area contributed by atoms with E-state index in [1.807, 2.05) is 45.0 Å². The van der Waals surface area contributed by atoms with Crippen molar-refractivity contribution < 1.29 is 14.3 Å². The van der Waals surface area contributed by atoms with Crippen molar-refractivity contribution in [2.24, 2.45) is 0 Å². The Morgan fingerprint density at radius 1 is 1.52 bits per heavy atom. The van der Waals surface area contributed by atoms with Crippen LogP contribution in [-0.2, 0) is 11.3 Å². The fraction of sp³-hybridized carbons (Fsp3) is 0.562. The summed E-state index contributed by atoms with van der Waals surface area (Å²) in [6, 6.07) is 7.77. The van der Waals surface area contributed by atoms with E-state index in [2.05, 4.69) is 5.32 Å². The van der Waals surface area contributed by atoms with E-state index < -0.39 is 0 Å². The van der Waals surface area contributed by atoms with E-state index in [0.717, 1.165) is 11.3 Å². The molecule has 1 aliphatic heterocycles. The quantitative estimate of drug-likeness (QED) is 0.927. The summed E-state index contributed by atoms with van der Waals surface area (Å²) in [6.07, 6.45) is 0.247. The van der Waals surface area contributed by atoms with Crippen molar-refractivity contribution in [3.8, 4) is 5.75 Å². The van der Waals surface area contributed by atoms with Gasteiger partial charge in [-0.25, -0.2) is 4.79 Å². The Hall–Kier alpha value is -1.75. The van der Waals surface area contributed by atoms with E-state index in [1.54, 1.807) is 4.90 Å². The van der Waals surface area contributed by atoms with Gasteiger partial charge in [0, 0.05) is 19.6 Å². The number of carbonyl (C=O) groups is 1. The molecular weight excluding hydrogens is 268 g/mol. The van der Waals surface area contributed by atoms with Crippen LogP contribution in [0.5, 0.6) is 5.75 Å². The predicted octanol–water partition coefficient (Wildman–Crippen LogP) is 2.40. The van der Waals surface area contributed by atoms with Gasteiger partial charge in [0.25, 0.3) is 0 Å². The molecule has 0 radical (unpaired) electrons. The second kappa shape index (κ2) is 7.31. The van der Waals surface area contributed by atoms with Gasteiger partial charge in [0.2, 0.25) is 0 Å². The molecule has 1 atom stereocenters. The maximum absolute atomic E-state index is 12.1. The summed E-state index contributed by atoms with van der Waals surface area (Å²) < 4.78 is 11.1.